The molecule has 2 unspecified atom stereocenters. The van der Waals surface area contributed by atoms with Gasteiger partial charge in [0.2, 0.25) is 0 Å². The molecule has 0 bridgehead atoms. The predicted molar refractivity (Wildman–Crippen MR) is 75.5 cm³/mol. The van der Waals surface area contributed by atoms with Crippen LogP contribution < -0.4 is 5.32 Å². The Labute approximate surface area is 108 Å². The molecule has 0 aromatic carbocycles. The van der Waals surface area contributed by atoms with Gasteiger partial charge in [-0.05, 0) is 41.2 Å². The number of rotatable bonds is 4. The van der Waals surface area contributed by atoms with Gasteiger partial charge in [-0.1, -0.05) is 6.92 Å². The summed E-state index contributed by atoms with van der Waals surface area (Å²) >= 11 is 0. The molecule has 102 valence electrons. The fraction of sp³-hybridized carbons (Fsp3) is 1.00. The van der Waals surface area contributed by atoms with Crippen LogP contribution in [0.3, 0.4) is 0 Å². The van der Waals surface area contributed by atoms with Crippen molar-refractivity contribution < 1.29 is 0 Å². The monoisotopic (exact) mass is 241 g/mol. The summed E-state index contributed by atoms with van der Waals surface area (Å²) < 4.78 is 0. The molecule has 1 rings (SSSR count). The lowest BCUT2D eigenvalue weighted by atomic mass is 10.0. The second kappa shape index (κ2) is 6.17. The van der Waals surface area contributed by atoms with Crippen LogP contribution in [-0.4, -0.2) is 60.6 Å². The van der Waals surface area contributed by atoms with Gasteiger partial charge in [0.15, 0.2) is 0 Å². The molecule has 3 nitrogen and oxygen atoms in total. The van der Waals surface area contributed by atoms with Crippen LogP contribution in [0.2, 0.25) is 0 Å². The summed E-state index contributed by atoms with van der Waals surface area (Å²) in [6, 6.07) is 1.27. The van der Waals surface area contributed by atoms with Gasteiger partial charge in [0.25, 0.3) is 0 Å². The molecule has 0 saturated carbocycles. The average Bonchev–Trinajstić information content (AvgIpc) is 2.29. The SMILES string of the molecule is CCC(NC)C(C)N1CCN(C(C)(C)C)CC1. The van der Waals surface area contributed by atoms with Crippen LogP contribution >= 0.6 is 0 Å². The van der Waals surface area contributed by atoms with Gasteiger partial charge in [-0.2, -0.15) is 0 Å². The maximum absolute atomic E-state index is 3.43. The Morgan fingerprint density at radius 3 is 2.00 bits per heavy atom. The zero-order valence-electron chi connectivity index (χ0n) is 12.6. The van der Waals surface area contributed by atoms with Crippen molar-refractivity contribution in [2.75, 3.05) is 33.2 Å². The molecule has 0 radical (unpaired) electrons. The first-order valence-electron chi connectivity index (χ1n) is 7.06. The highest BCUT2D eigenvalue weighted by Gasteiger charge is 2.29. The fourth-order valence-electron chi connectivity index (χ4n) is 2.84. The Kier molecular flexibility index (Phi) is 5.42. The van der Waals surface area contributed by atoms with Gasteiger partial charge in [-0.15, -0.1) is 0 Å². The lowest BCUT2D eigenvalue weighted by Gasteiger charge is -2.45. The Hall–Kier alpha value is -0.120. The average molecular weight is 241 g/mol. The third kappa shape index (κ3) is 3.94. The van der Waals surface area contributed by atoms with Crippen LogP contribution in [0.4, 0.5) is 0 Å². The van der Waals surface area contributed by atoms with E-state index in [-0.39, 0.29) is 0 Å². The van der Waals surface area contributed by atoms with Crippen molar-refractivity contribution in [3.8, 4) is 0 Å². The number of nitrogens with one attached hydrogen (secondary N) is 1. The third-order valence-electron chi connectivity index (χ3n) is 4.23. The van der Waals surface area contributed by atoms with Gasteiger partial charge < -0.3 is 5.32 Å². The number of hydrogen-bond acceptors (Lipinski definition) is 3. The lowest BCUT2D eigenvalue weighted by molar-refractivity contribution is 0.0374. The highest BCUT2D eigenvalue weighted by Crippen LogP contribution is 2.18. The maximum atomic E-state index is 3.43. The molecule has 1 aliphatic rings. The third-order valence-corrected chi connectivity index (χ3v) is 4.23. The summed E-state index contributed by atoms with van der Waals surface area (Å²) in [5.74, 6) is 0. The zero-order chi connectivity index (χ0) is 13.1. The standard InChI is InChI=1S/C14H31N3/c1-7-13(15-6)12(2)16-8-10-17(11-9-16)14(3,4)5/h12-13,15H,7-11H2,1-6H3. The summed E-state index contributed by atoms with van der Waals surface area (Å²) in [7, 11) is 2.08. The van der Waals surface area contributed by atoms with Crippen molar-refractivity contribution in [2.45, 2.75) is 58.7 Å². The van der Waals surface area contributed by atoms with Gasteiger partial charge >= 0.3 is 0 Å². The smallest absolute Gasteiger partial charge is 0.0221 e. The van der Waals surface area contributed by atoms with E-state index in [0.29, 0.717) is 17.6 Å². The van der Waals surface area contributed by atoms with Crippen molar-refractivity contribution in [1.82, 2.24) is 15.1 Å². The van der Waals surface area contributed by atoms with E-state index < -0.39 is 0 Å². The second-order valence-electron chi connectivity index (χ2n) is 6.24. The van der Waals surface area contributed by atoms with Crippen molar-refractivity contribution in [2.24, 2.45) is 0 Å². The van der Waals surface area contributed by atoms with Gasteiger partial charge in [0, 0.05) is 43.8 Å². The molecule has 1 fully saturated rings. The number of piperazine rings is 1. The molecule has 1 N–H and O–H groups in total. The minimum absolute atomic E-state index is 0.322. The molecule has 17 heavy (non-hydrogen) atoms. The molecule has 0 aliphatic carbocycles. The van der Waals surface area contributed by atoms with Gasteiger partial charge in [-0.25, -0.2) is 0 Å². The highest BCUT2D eigenvalue weighted by atomic mass is 15.3. The summed E-state index contributed by atoms with van der Waals surface area (Å²) in [5, 5.41) is 3.43. The molecule has 1 aliphatic heterocycles. The quantitative estimate of drug-likeness (QED) is 0.809. The Balaban J connectivity index is 2.46. The molecule has 0 aromatic heterocycles. The summed E-state index contributed by atoms with van der Waals surface area (Å²) in [4.78, 5) is 5.23. The first-order chi connectivity index (χ1) is 7.90. The molecule has 0 aromatic rings. The van der Waals surface area contributed by atoms with Crippen LogP contribution in [0, 0.1) is 0 Å². The minimum Gasteiger partial charge on any atom is -0.315 e. The summed E-state index contributed by atoms with van der Waals surface area (Å²) in [6.07, 6.45) is 1.21. The van der Waals surface area contributed by atoms with E-state index in [1.165, 1.54) is 32.6 Å². The molecular formula is C14H31N3. The maximum Gasteiger partial charge on any atom is 0.0221 e. The summed E-state index contributed by atoms with van der Waals surface area (Å²) in [5.41, 5.74) is 0.322. The molecule has 1 heterocycles. The Bertz CT molecular complexity index is 210. The van der Waals surface area contributed by atoms with Crippen LogP contribution in [-0.2, 0) is 0 Å². The van der Waals surface area contributed by atoms with Crippen molar-refractivity contribution in [3.63, 3.8) is 0 Å². The highest BCUT2D eigenvalue weighted by molar-refractivity contribution is 4.86. The minimum atomic E-state index is 0.322. The van der Waals surface area contributed by atoms with E-state index in [4.69, 9.17) is 0 Å². The second-order valence-corrected chi connectivity index (χ2v) is 6.24. The first-order valence-corrected chi connectivity index (χ1v) is 7.06. The fourth-order valence-corrected chi connectivity index (χ4v) is 2.84. The normalized spacial score (nSPS) is 23.6. The van der Waals surface area contributed by atoms with E-state index in [1.54, 1.807) is 0 Å². The summed E-state index contributed by atoms with van der Waals surface area (Å²) in [6.45, 7) is 16.4. The van der Waals surface area contributed by atoms with Gasteiger partial charge in [0.05, 0.1) is 0 Å². The van der Waals surface area contributed by atoms with Crippen molar-refractivity contribution in [3.05, 3.63) is 0 Å². The van der Waals surface area contributed by atoms with Gasteiger partial charge in [0.1, 0.15) is 0 Å². The van der Waals surface area contributed by atoms with E-state index in [9.17, 15) is 0 Å². The van der Waals surface area contributed by atoms with Crippen LogP contribution in [0.25, 0.3) is 0 Å². The van der Waals surface area contributed by atoms with Crippen LogP contribution in [0.5, 0.6) is 0 Å². The van der Waals surface area contributed by atoms with E-state index in [0.717, 1.165) is 0 Å². The predicted octanol–water partition coefficient (Wildman–Crippen LogP) is 1.79. The Morgan fingerprint density at radius 1 is 1.12 bits per heavy atom. The number of likely N-dealkylation sites (N-methyl/N-ethyl adjacent to an activating group) is 1. The van der Waals surface area contributed by atoms with E-state index in [2.05, 4.69) is 56.8 Å². The molecule has 3 heteroatoms. The van der Waals surface area contributed by atoms with Crippen LogP contribution in [0.15, 0.2) is 0 Å². The molecule has 2 atom stereocenters. The van der Waals surface area contributed by atoms with Crippen molar-refractivity contribution in [1.29, 1.82) is 0 Å². The van der Waals surface area contributed by atoms with Gasteiger partial charge in [-0.3, -0.25) is 9.80 Å². The molecular weight excluding hydrogens is 210 g/mol. The number of nitrogens with zero attached hydrogens (tertiary/aromatic N) is 2. The lowest BCUT2D eigenvalue weighted by Crippen LogP contribution is -2.58. The first kappa shape index (κ1) is 14.9. The molecule has 1 saturated heterocycles. The van der Waals surface area contributed by atoms with E-state index >= 15 is 0 Å². The Morgan fingerprint density at radius 2 is 1.65 bits per heavy atom. The largest absolute Gasteiger partial charge is 0.315 e. The number of hydrogen-bond donors (Lipinski definition) is 1. The van der Waals surface area contributed by atoms with Crippen molar-refractivity contribution >= 4 is 0 Å². The molecule has 0 amide bonds. The topological polar surface area (TPSA) is 18.5 Å². The molecule has 0 spiro atoms. The van der Waals surface area contributed by atoms with E-state index in [1.807, 2.05) is 0 Å². The zero-order valence-corrected chi connectivity index (χ0v) is 12.6. The van der Waals surface area contributed by atoms with Crippen LogP contribution in [0.1, 0.15) is 41.0 Å².